The molecular formula is C20H21FN5O5+. The topological polar surface area (TPSA) is 130 Å². The first-order valence-corrected chi connectivity index (χ1v) is 9.60. The summed E-state index contributed by atoms with van der Waals surface area (Å²) in [6.07, 6.45) is -0.177. The highest BCUT2D eigenvalue weighted by molar-refractivity contribution is 5.90. The van der Waals surface area contributed by atoms with Crippen LogP contribution < -0.4 is 16.1 Å². The minimum absolute atomic E-state index is 0.00942. The first-order valence-electron chi connectivity index (χ1n) is 9.60. The molecule has 11 heteroatoms. The quantitative estimate of drug-likeness (QED) is 0.653. The van der Waals surface area contributed by atoms with Crippen molar-refractivity contribution >= 4 is 23.6 Å². The predicted octanol–water partition coefficient (Wildman–Crippen LogP) is 0.950. The summed E-state index contributed by atoms with van der Waals surface area (Å²) in [7, 11) is 0. The number of cyclic esters (lactones) is 1. The van der Waals surface area contributed by atoms with Gasteiger partial charge in [0.25, 0.3) is 0 Å². The fourth-order valence-electron chi connectivity index (χ4n) is 3.20. The molecule has 4 N–H and O–H groups in total. The average Bonchev–Trinajstić information content (AvgIpc) is 3.37. The van der Waals surface area contributed by atoms with Gasteiger partial charge >= 0.3 is 12.1 Å². The molecule has 1 amide bonds. The Morgan fingerprint density at radius 2 is 2.19 bits per heavy atom. The Labute approximate surface area is 176 Å². The third-order valence-electron chi connectivity index (χ3n) is 4.77. The lowest BCUT2D eigenvalue weighted by Gasteiger charge is -2.15. The van der Waals surface area contributed by atoms with Crippen molar-refractivity contribution in [2.24, 2.45) is 5.10 Å². The second-order valence-electron chi connectivity index (χ2n) is 6.94. The number of carbonyl (C=O) groups is 2. The van der Waals surface area contributed by atoms with E-state index in [0.717, 1.165) is 0 Å². The van der Waals surface area contributed by atoms with E-state index in [1.807, 2.05) is 0 Å². The molecule has 1 fully saturated rings. The second kappa shape index (κ2) is 8.56. The van der Waals surface area contributed by atoms with E-state index in [2.05, 4.69) is 21.2 Å². The number of anilines is 1. The number of hydrogen-bond donors (Lipinski definition) is 2. The van der Waals surface area contributed by atoms with Crippen molar-refractivity contribution in [3.05, 3.63) is 48.0 Å². The van der Waals surface area contributed by atoms with Crippen LogP contribution in [0.1, 0.15) is 18.8 Å². The van der Waals surface area contributed by atoms with Gasteiger partial charge < -0.3 is 19.9 Å². The summed E-state index contributed by atoms with van der Waals surface area (Å²) in [5.74, 6) is -0.482. The van der Waals surface area contributed by atoms with E-state index in [-0.39, 0.29) is 19.7 Å². The number of quaternary nitrogens is 1. The number of carbonyl (C=O) groups excluding carboxylic acids is 2. The molecule has 2 atom stereocenters. The molecule has 31 heavy (non-hydrogen) atoms. The number of nitrogens with one attached hydrogen (secondary N) is 1. The van der Waals surface area contributed by atoms with E-state index < -0.39 is 30.2 Å². The number of amides is 1. The highest BCUT2D eigenvalue weighted by atomic mass is 19.1. The molecule has 0 bridgehead atoms. The number of aromatic nitrogens is 1. The molecule has 1 saturated heterocycles. The van der Waals surface area contributed by atoms with E-state index in [0.29, 0.717) is 28.4 Å². The van der Waals surface area contributed by atoms with Crippen LogP contribution in [0.4, 0.5) is 14.9 Å². The Hall–Kier alpha value is -3.73. The van der Waals surface area contributed by atoms with Crippen LogP contribution in [-0.4, -0.2) is 48.7 Å². The van der Waals surface area contributed by atoms with Gasteiger partial charge in [0.1, 0.15) is 18.1 Å². The Morgan fingerprint density at radius 1 is 1.35 bits per heavy atom. The third kappa shape index (κ3) is 4.40. The smallest absolute Gasteiger partial charge is 0.414 e. The highest BCUT2D eigenvalue weighted by Crippen LogP contribution is 2.29. The number of benzene rings is 1. The maximum atomic E-state index is 14.8. The predicted molar refractivity (Wildman–Crippen MR) is 106 cm³/mol. The van der Waals surface area contributed by atoms with Crippen molar-refractivity contribution in [3.63, 3.8) is 0 Å². The maximum absolute atomic E-state index is 14.8. The summed E-state index contributed by atoms with van der Waals surface area (Å²) >= 11 is 0. The number of halogens is 1. The minimum Gasteiger partial charge on any atom is -0.458 e. The third-order valence-corrected chi connectivity index (χ3v) is 4.77. The first kappa shape index (κ1) is 20.5. The number of ether oxygens (including phenoxy) is 3. The van der Waals surface area contributed by atoms with Crippen molar-refractivity contribution < 1.29 is 33.9 Å². The Balaban J connectivity index is 1.44. The van der Waals surface area contributed by atoms with Crippen molar-refractivity contribution in [2.45, 2.75) is 19.3 Å². The molecule has 2 unspecified atom stereocenters. The van der Waals surface area contributed by atoms with Gasteiger partial charge in [-0.1, -0.05) is 6.07 Å². The van der Waals surface area contributed by atoms with Crippen LogP contribution in [0.25, 0.3) is 11.1 Å². The molecule has 2 aromatic rings. The average molecular weight is 430 g/mol. The molecule has 162 valence electrons. The lowest BCUT2D eigenvalue weighted by molar-refractivity contribution is -0.359. The van der Waals surface area contributed by atoms with Gasteiger partial charge in [-0.3, -0.25) is 15.3 Å². The van der Waals surface area contributed by atoms with Gasteiger partial charge in [0.2, 0.25) is 12.1 Å². The fourth-order valence-corrected chi connectivity index (χ4v) is 3.20. The fraction of sp³-hybridized carbons (Fsp3) is 0.300. The summed E-state index contributed by atoms with van der Waals surface area (Å²) in [6, 6.07) is 7.91. The summed E-state index contributed by atoms with van der Waals surface area (Å²) in [4.78, 5) is 29.0. The molecule has 0 saturated carbocycles. The highest BCUT2D eigenvalue weighted by Gasteiger charge is 2.33. The van der Waals surface area contributed by atoms with Gasteiger partial charge in [0.05, 0.1) is 12.2 Å². The molecule has 1 aromatic carbocycles. The van der Waals surface area contributed by atoms with Gasteiger partial charge in [-0.15, -0.1) is 5.10 Å². The molecular weight excluding hydrogens is 409 g/mol. The van der Waals surface area contributed by atoms with Gasteiger partial charge in [0, 0.05) is 24.2 Å². The number of nitrogens with zero attached hydrogens (tertiary/aromatic N) is 3. The lowest BCUT2D eigenvalue weighted by atomic mass is 10.1. The largest absolute Gasteiger partial charge is 0.458 e. The zero-order chi connectivity index (χ0) is 22.0. The molecule has 0 aliphatic carbocycles. The molecule has 0 radical (unpaired) electrons. The first-order chi connectivity index (χ1) is 14.9. The van der Waals surface area contributed by atoms with Crippen LogP contribution in [0.5, 0.6) is 0 Å². The zero-order valence-corrected chi connectivity index (χ0v) is 16.7. The maximum Gasteiger partial charge on any atom is 0.414 e. The van der Waals surface area contributed by atoms with Crippen LogP contribution in [0.15, 0.2) is 41.6 Å². The zero-order valence-electron chi connectivity index (χ0n) is 16.7. The standard InChI is InChI=1S/C20H20FN5O5/c1-11-24-25-19(30-11)17-5-2-12(8-23-17)15-4-3-13(6-16(15)21)26-9-14(31-20(26)28)10-29-18(27)7-22/h2-6,8,14,19,25H,7,9-10,22H2,1H3/p+1. The van der Waals surface area contributed by atoms with E-state index >= 15 is 0 Å². The summed E-state index contributed by atoms with van der Waals surface area (Å²) in [6.45, 7) is 1.80. The molecule has 2 aliphatic heterocycles. The molecule has 10 nitrogen and oxygen atoms in total. The van der Waals surface area contributed by atoms with Gasteiger partial charge in [-0.2, -0.15) is 0 Å². The number of pyridine rings is 1. The van der Waals surface area contributed by atoms with Gasteiger partial charge in [0.15, 0.2) is 12.6 Å². The minimum atomic E-state index is -0.629. The van der Waals surface area contributed by atoms with Crippen LogP contribution >= 0.6 is 0 Å². The van der Waals surface area contributed by atoms with E-state index in [1.165, 1.54) is 11.0 Å². The van der Waals surface area contributed by atoms with Crippen molar-refractivity contribution in [2.75, 3.05) is 24.6 Å². The van der Waals surface area contributed by atoms with E-state index in [9.17, 15) is 14.0 Å². The summed E-state index contributed by atoms with van der Waals surface area (Å²) in [5, 5.41) is 3.95. The molecule has 3 heterocycles. The molecule has 0 spiro atoms. The van der Waals surface area contributed by atoms with Crippen molar-refractivity contribution in [1.82, 2.24) is 10.4 Å². The number of rotatable bonds is 6. The van der Waals surface area contributed by atoms with Crippen LogP contribution in [0, 0.1) is 5.82 Å². The summed E-state index contributed by atoms with van der Waals surface area (Å²) < 4.78 is 30.4. The number of esters is 1. The number of hydrogen-bond acceptors (Lipinski definition) is 8. The lowest BCUT2D eigenvalue weighted by Crippen LogP contribution is -2.54. The van der Waals surface area contributed by atoms with E-state index in [4.69, 9.17) is 14.2 Å². The number of hydrazone groups is 1. The van der Waals surface area contributed by atoms with Gasteiger partial charge in [-0.25, -0.2) is 14.0 Å². The van der Waals surface area contributed by atoms with Gasteiger partial charge in [-0.05, 0) is 24.3 Å². The van der Waals surface area contributed by atoms with Crippen molar-refractivity contribution in [1.29, 1.82) is 0 Å². The van der Waals surface area contributed by atoms with E-state index in [1.54, 1.807) is 37.4 Å². The Bertz CT molecular complexity index is 1030. The summed E-state index contributed by atoms with van der Waals surface area (Å²) in [5.41, 5.74) is 8.11. The Morgan fingerprint density at radius 3 is 2.84 bits per heavy atom. The van der Waals surface area contributed by atoms with Crippen molar-refractivity contribution in [3.8, 4) is 11.1 Å². The van der Waals surface area contributed by atoms with Crippen LogP contribution in [0.2, 0.25) is 0 Å². The normalized spacial score (nSPS) is 20.0. The monoisotopic (exact) mass is 430 g/mol. The Kier molecular flexibility index (Phi) is 5.67. The second-order valence-corrected chi connectivity index (χ2v) is 6.94. The van der Waals surface area contributed by atoms with Crippen LogP contribution in [-0.2, 0) is 19.0 Å². The molecule has 2 aliphatic rings. The SMILES string of the molecule is CC1=NNC(c2ccc(-c3ccc(N4CC(COC(=O)C[NH3+])OC4=O)cc3F)cn2)O1. The van der Waals surface area contributed by atoms with Crippen LogP contribution in [0.3, 0.4) is 0 Å². The molecule has 4 rings (SSSR count). The molecule has 1 aromatic heterocycles.